The Morgan fingerprint density at radius 1 is 0.939 bits per heavy atom. The molecule has 1 fully saturated rings. The Kier molecular flexibility index (Phi) is 5.16. The molecular formula is C25H27N7O. The van der Waals surface area contributed by atoms with Crippen LogP contribution in [0.1, 0.15) is 5.69 Å². The van der Waals surface area contributed by atoms with Crippen molar-refractivity contribution in [2.24, 2.45) is 0 Å². The van der Waals surface area contributed by atoms with Crippen molar-refractivity contribution in [3.8, 4) is 0 Å². The predicted octanol–water partition coefficient (Wildman–Crippen LogP) is 3.59. The zero-order valence-corrected chi connectivity index (χ0v) is 18.7. The molecule has 4 heterocycles. The normalized spacial score (nSPS) is 15.7. The van der Waals surface area contributed by atoms with Gasteiger partial charge >= 0.3 is 0 Å². The minimum atomic E-state index is 0.564. The number of nitrogens with zero attached hydrogens (tertiary/aromatic N) is 6. The van der Waals surface area contributed by atoms with E-state index >= 15 is 0 Å². The van der Waals surface area contributed by atoms with E-state index in [9.17, 15) is 0 Å². The summed E-state index contributed by atoms with van der Waals surface area (Å²) in [6.07, 6.45) is 2.03. The lowest BCUT2D eigenvalue weighted by molar-refractivity contribution is 0.148. The Hall–Kier alpha value is -3.49. The summed E-state index contributed by atoms with van der Waals surface area (Å²) in [6, 6.07) is 16.2. The SMILES string of the molecule is CN1CCN(CCn2cc(CNc3c4ccccc4nc4c3oc3ccccc34)nn2)CC1. The van der Waals surface area contributed by atoms with E-state index in [-0.39, 0.29) is 0 Å². The first-order valence-corrected chi connectivity index (χ1v) is 11.5. The summed E-state index contributed by atoms with van der Waals surface area (Å²) in [7, 11) is 2.18. The summed E-state index contributed by atoms with van der Waals surface area (Å²) in [5.74, 6) is 0. The molecule has 0 atom stereocenters. The first-order valence-electron chi connectivity index (χ1n) is 11.5. The van der Waals surface area contributed by atoms with Crippen molar-refractivity contribution < 1.29 is 4.42 Å². The standard InChI is InChI=1S/C25H27N7O/c1-30-10-12-31(13-11-30)14-15-32-17-18(28-29-32)16-26-23-19-6-2-4-8-21(19)27-24-20-7-3-5-9-22(20)33-25(23)24/h2-9,17H,10-16H2,1H3,(H,26,27). The van der Waals surface area contributed by atoms with Gasteiger partial charge in [-0.2, -0.15) is 0 Å². The van der Waals surface area contributed by atoms with E-state index in [1.165, 1.54) is 0 Å². The monoisotopic (exact) mass is 441 g/mol. The van der Waals surface area contributed by atoms with Gasteiger partial charge in [-0.15, -0.1) is 5.10 Å². The summed E-state index contributed by atoms with van der Waals surface area (Å²) >= 11 is 0. The smallest absolute Gasteiger partial charge is 0.177 e. The molecule has 0 spiro atoms. The number of hydrogen-bond donors (Lipinski definition) is 1. The van der Waals surface area contributed by atoms with Crippen LogP contribution < -0.4 is 5.32 Å². The van der Waals surface area contributed by atoms with Crippen LogP contribution in [0.3, 0.4) is 0 Å². The largest absolute Gasteiger partial charge is 0.452 e. The van der Waals surface area contributed by atoms with Gasteiger partial charge in [0.2, 0.25) is 0 Å². The quantitative estimate of drug-likeness (QED) is 0.432. The molecule has 1 aliphatic rings. The second kappa shape index (κ2) is 8.46. The lowest BCUT2D eigenvalue weighted by atomic mass is 10.1. The maximum absolute atomic E-state index is 6.22. The average Bonchev–Trinajstić information content (AvgIpc) is 3.46. The van der Waals surface area contributed by atoms with Crippen molar-refractivity contribution in [3.63, 3.8) is 0 Å². The number of pyridine rings is 1. The minimum Gasteiger partial charge on any atom is -0.452 e. The topological polar surface area (TPSA) is 75.2 Å². The molecule has 3 aromatic heterocycles. The fourth-order valence-corrected chi connectivity index (χ4v) is 4.54. The van der Waals surface area contributed by atoms with E-state index in [4.69, 9.17) is 9.40 Å². The maximum Gasteiger partial charge on any atom is 0.177 e. The average molecular weight is 442 g/mol. The molecule has 0 aliphatic carbocycles. The molecule has 0 bridgehead atoms. The van der Waals surface area contributed by atoms with Gasteiger partial charge < -0.3 is 14.6 Å². The van der Waals surface area contributed by atoms with E-state index in [2.05, 4.69) is 44.6 Å². The van der Waals surface area contributed by atoms with E-state index in [1.54, 1.807) is 0 Å². The number of rotatable bonds is 6. The van der Waals surface area contributed by atoms with Crippen LogP contribution in [0.25, 0.3) is 33.0 Å². The summed E-state index contributed by atoms with van der Waals surface area (Å²) in [5, 5.41) is 14.4. The van der Waals surface area contributed by atoms with Gasteiger partial charge in [-0.3, -0.25) is 9.58 Å². The van der Waals surface area contributed by atoms with Crippen LogP contribution in [0.15, 0.2) is 59.1 Å². The Bertz CT molecular complexity index is 1410. The van der Waals surface area contributed by atoms with Crippen LogP contribution in [-0.4, -0.2) is 69.5 Å². The molecule has 33 heavy (non-hydrogen) atoms. The zero-order valence-electron chi connectivity index (χ0n) is 18.7. The molecule has 6 rings (SSSR count). The lowest BCUT2D eigenvalue weighted by Crippen LogP contribution is -2.45. The van der Waals surface area contributed by atoms with Crippen molar-refractivity contribution in [2.75, 3.05) is 45.1 Å². The molecular weight excluding hydrogens is 414 g/mol. The summed E-state index contributed by atoms with van der Waals surface area (Å²) in [4.78, 5) is 9.75. The Morgan fingerprint density at radius 3 is 2.61 bits per heavy atom. The minimum absolute atomic E-state index is 0.564. The number of para-hydroxylation sites is 2. The number of likely N-dealkylation sites (N-methyl/N-ethyl adjacent to an activating group) is 1. The van der Waals surface area contributed by atoms with E-state index in [1.807, 2.05) is 47.3 Å². The van der Waals surface area contributed by atoms with Crippen molar-refractivity contribution >= 4 is 38.7 Å². The summed E-state index contributed by atoms with van der Waals surface area (Å²) < 4.78 is 8.16. The van der Waals surface area contributed by atoms with Gasteiger partial charge in [0.25, 0.3) is 0 Å². The van der Waals surface area contributed by atoms with Crippen LogP contribution >= 0.6 is 0 Å². The number of furan rings is 1. The highest BCUT2D eigenvalue weighted by Crippen LogP contribution is 2.36. The highest BCUT2D eigenvalue weighted by atomic mass is 16.3. The number of hydrogen-bond acceptors (Lipinski definition) is 7. The molecule has 1 N–H and O–H groups in total. The lowest BCUT2D eigenvalue weighted by Gasteiger charge is -2.32. The van der Waals surface area contributed by atoms with Crippen LogP contribution in [-0.2, 0) is 13.1 Å². The molecule has 1 saturated heterocycles. The number of aromatic nitrogens is 4. The van der Waals surface area contributed by atoms with Gasteiger partial charge in [0.05, 0.1) is 30.5 Å². The fraction of sp³-hybridized carbons (Fsp3) is 0.320. The van der Waals surface area contributed by atoms with Crippen molar-refractivity contribution in [2.45, 2.75) is 13.1 Å². The molecule has 0 amide bonds. The third-order valence-electron chi connectivity index (χ3n) is 6.48. The fourth-order valence-electron chi connectivity index (χ4n) is 4.54. The third kappa shape index (κ3) is 3.92. The second-order valence-corrected chi connectivity index (χ2v) is 8.75. The first-order chi connectivity index (χ1) is 16.2. The molecule has 5 aromatic rings. The van der Waals surface area contributed by atoms with E-state index in [0.29, 0.717) is 6.54 Å². The van der Waals surface area contributed by atoms with Crippen molar-refractivity contribution in [1.29, 1.82) is 0 Å². The Labute approximate surface area is 191 Å². The van der Waals surface area contributed by atoms with Gasteiger partial charge in [0.1, 0.15) is 16.8 Å². The summed E-state index contributed by atoms with van der Waals surface area (Å²) in [6.45, 7) is 6.89. The van der Waals surface area contributed by atoms with Crippen molar-refractivity contribution in [3.05, 3.63) is 60.4 Å². The highest BCUT2D eigenvalue weighted by Gasteiger charge is 2.17. The van der Waals surface area contributed by atoms with Crippen LogP contribution in [0.2, 0.25) is 0 Å². The van der Waals surface area contributed by atoms with Crippen molar-refractivity contribution in [1.82, 2.24) is 29.8 Å². The molecule has 0 radical (unpaired) electrons. The zero-order chi connectivity index (χ0) is 22.2. The third-order valence-corrected chi connectivity index (χ3v) is 6.48. The van der Waals surface area contributed by atoms with Crippen LogP contribution in [0.5, 0.6) is 0 Å². The molecule has 168 valence electrons. The van der Waals surface area contributed by atoms with Gasteiger partial charge in [0.15, 0.2) is 5.58 Å². The number of benzene rings is 2. The van der Waals surface area contributed by atoms with Crippen LogP contribution in [0.4, 0.5) is 5.69 Å². The van der Waals surface area contributed by atoms with E-state index in [0.717, 1.165) is 83.6 Å². The summed E-state index contributed by atoms with van der Waals surface area (Å²) in [5.41, 5.74) is 5.28. The van der Waals surface area contributed by atoms with Crippen LogP contribution in [0, 0.1) is 0 Å². The van der Waals surface area contributed by atoms with Gasteiger partial charge in [-0.05, 0) is 25.2 Å². The number of anilines is 1. The number of piperazine rings is 1. The molecule has 1 aliphatic heterocycles. The van der Waals surface area contributed by atoms with Gasteiger partial charge in [0, 0.05) is 43.5 Å². The second-order valence-electron chi connectivity index (χ2n) is 8.75. The molecule has 0 saturated carbocycles. The van der Waals surface area contributed by atoms with E-state index < -0.39 is 0 Å². The molecule has 8 heteroatoms. The Morgan fingerprint density at radius 2 is 1.73 bits per heavy atom. The van der Waals surface area contributed by atoms with Gasteiger partial charge in [-0.1, -0.05) is 35.5 Å². The first kappa shape index (κ1) is 20.1. The highest BCUT2D eigenvalue weighted by molar-refractivity contribution is 6.13. The maximum atomic E-state index is 6.22. The molecule has 8 nitrogen and oxygen atoms in total. The van der Waals surface area contributed by atoms with Gasteiger partial charge in [-0.25, -0.2) is 4.98 Å². The number of nitrogens with one attached hydrogen (secondary N) is 1. The number of fused-ring (bicyclic) bond motifs is 4. The molecule has 2 aromatic carbocycles. The Balaban J connectivity index is 1.23. The molecule has 0 unspecified atom stereocenters. The predicted molar refractivity (Wildman–Crippen MR) is 130 cm³/mol.